The molecule has 1 saturated carbocycles. The van der Waals surface area contributed by atoms with Crippen molar-refractivity contribution in [3.63, 3.8) is 0 Å². The van der Waals surface area contributed by atoms with Gasteiger partial charge in [-0.15, -0.1) is 0 Å². The number of nitrogens with zero attached hydrogens (tertiary/aromatic N) is 6. The van der Waals surface area contributed by atoms with Crippen molar-refractivity contribution in [2.24, 2.45) is 0 Å². The Hall–Kier alpha value is -3.07. The molecule has 0 aliphatic heterocycles. The molecule has 40 heavy (non-hydrogen) atoms. The third-order valence-corrected chi connectivity index (χ3v) is 13.6. The van der Waals surface area contributed by atoms with Gasteiger partial charge in [-0.25, -0.2) is 9.50 Å². The lowest BCUT2D eigenvalue weighted by atomic mass is 9.93. The summed E-state index contributed by atoms with van der Waals surface area (Å²) in [4.78, 5) is 9.20. The van der Waals surface area contributed by atoms with Gasteiger partial charge in [0.25, 0.3) is 0 Å². The number of halogens is 1. The van der Waals surface area contributed by atoms with Crippen molar-refractivity contribution in [1.29, 1.82) is 0 Å². The van der Waals surface area contributed by atoms with Gasteiger partial charge in [0.05, 0.1) is 35.3 Å². The third-order valence-electron chi connectivity index (χ3n) is 8.86. The van der Waals surface area contributed by atoms with Gasteiger partial charge < -0.3 is 4.43 Å². The number of hydrogen-bond donors (Lipinski definition) is 0. The molecule has 1 fully saturated rings. The van der Waals surface area contributed by atoms with E-state index in [1.54, 1.807) is 6.20 Å². The molecule has 0 unspecified atom stereocenters. The van der Waals surface area contributed by atoms with E-state index in [1.807, 2.05) is 48.1 Å². The normalized spacial score (nSPS) is 18.6. The van der Waals surface area contributed by atoms with E-state index >= 15 is 0 Å². The molecule has 0 amide bonds. The lowest BCUT2D eigenvalue weighted by Gasteiger charge is -2.41. The summed E-state index contributed by atoms with van der Waals surface area (Å²) in [5.41, 5.74) is 6.64. The van der Waals surface area contributed by atoms with Crippen molar-refractivity contribution >= 4 is 36.5 Å². The van der Waals surface area contributed by atoms with Gasteiger partial charge in [0.1, 0.15) is 0 Å². The Bertz CT molecular complexity index is 1690. The van der Waals surface area contributed by atoms with Crippen LogP contribution in [0.3, 0.4) is 0 Å². The fourth-order valence-electron chi connectivity index (χ4n) is 5.52. The molecular formula is C31H37ClN6OSi. The molecule has 0 N–H and O–H groups in total. The smallest absolute Gasteiger partial charge is 0.192 e. The zero-order valence-electron chi connectivity index (χ0n) is 24.1. The van der Waals surface area contributed by atoms with E-state index in [1.165, 1.54) is 0 Å². The number of hydrogen-bond acceptors (Lipinski definition) is 5. The lowest BCUT2D eigenvalue weighted by molar-refractivity contribution is 0.115. The van der Waals surface area contributed by atoms with Crippen molar-refractivity contribution < 1.29 is 4.43 Å². The van der Waals surface area contributed by atoms with Crippen LogP contribution in [0.15, 0.2) is 55.1 Å². The van der Waals surface area contributed by atoms with Gasteiger partial charge in [0.2, 0.25) is 0 Å². The standard InChI is InChI=1S/C31H37ClN6OSi/c1-20-27(21-17-35-37(19-21)23-8-10-24(11-9-23)39-40(5,6)31(2,3)4)16-30-34-18-29(38(30)36-20)26-13-14-33-28-15-22(32)7-12-25(26)28/h7,12-19,23-24H,8-11H2,1-6H3. The fourth-order valence-corrected chi connectivity index (χ4v) is 7.11. The summed E-state index contributed by atoms with van der Waals surface area (Å²) in [6, 6.07) is 10.3. The topological polar surface area (TPSA) is 70.1 Å². The van der Waals surface area contributed by atoms with Crippen molar-refractivity contribution in [2.75, 3.05) is 0 Å². The summed E-state index contributed by atoms with van der Waals surface area (Å²) in [7, 11) is -1.74. The Balaban J connectivity index is 1.23. The predicted octanol–water partition coefficient (Wildman–Crippen LogP) is 8.28. The maximum absolute atomic E-state index is 6.70. The summed E-state index contributed by atoms with van der Waals surface area (Å²) < 4.78 is 10.8. The van der Waals surface area contributed by atoms with Crippen molar-refractivity contribution in [2.45, 2.75) is 83.7 Å². The van der Waals surface area contributed by atoms with E-state index in [-0.39, 0.29) is 5.04 Å². The van der Waals surface area contributed by atoms with E-state index in [4.69, 9.17) is 31.2 Å². The summed E-state index contributed by atoms with van der Waals surface area (Å²) in [5.74, 6) is 0. The summed E-state index contributed by atoms with van der Waals surface area (Å²) >= 11 is 6.20. The van der Waals surface area contributed by atoms with Gasteiger partial charge in [0.15, 0.2) is 14.0 Å². The molecule has 6 rings (SSSR count). The molecule has 0 saturated heterocycles. The first kappa shape index (κ1) is 27.1. The van der Waals surface area contributed by atoms with E-state index in [2.05, 4.69) is 55.8 Å². The average molecular weight is 573 g/mol. The first-order valence-electron chi connectivity index (χ1n) is 14.1. The van der Waals surface area contributed by atoms with Crippen LogP contribution in [0.1, 0.15) is 58.2 Å². The van der Waals surface area contributed by atoms with Crippen LogP contribution in [0.4, 0.5) is 0 Å². The van der Waals surface area contributed by atoms with Crippen LogP contribution in [0.25, 0.3) is 38.9 Å². The van der Waals surface area contributed by atoms with Gasteiger partial charge in [-0.05, 0) is 75.0 Å². The molecular weight excluding hydrogens is 536 g/mol. The molecule has 1 aliphatic rings. The van der Waals surface area contributed by atoms with Gasteiger partial charge in [-0.3, -0.25) is 9.67 Å². The zero-order valence-corrected chi connectivity index (χ0v) is 25.9. The van der Waals surface area contributed by atoms with Gasteiger partial charge >= 0.3 is 0 Å². The maximum atomic E-state index is 6.70. The Morgan fingerprint density at radius 3 is 2.50 bits per heavy atom. The number of fused-ring (bicyclic) bond motifs is 2. The number of aromatic nitrogens is 6. The highest BCUT2D eigenvalue weighted by Crippen LogP contribution is 2.40. The third kappa shape index (κ3) is 4.97. The van der Waals surface area contributed by atoms with Crippen LogP contribution in [-0.4, -0.2) is 43.8 Å². The Morgan fingerprint density at radius 1 is 0.975 bits per heavy atom. The number of aryl methyl sites for hydroxylation is 1. The monoisotopic (exact) mass is 572 g/mol. The molecule has 0 radical (unpaired) electrons. The Morgan fingerprint density at radius 2 is 1.75 bits per heavy atom. The number of benzene rings is 1. The van der Waals surface area contributed by atoms with Crippen LogP contribution in [0, 0.1) is 6.92 Å². The largest absolute Gasteiger partial charge is 0.414 e. The quantitative estimate of drug-likeness (QED) is 0.198. The predicted molar refractivity (Wildman–Crippen MR) is 164 cm³/mol. The minimum absolute atomic E-state index is 0.240. The highest BCUT2D eigenvalue weighted by atomic mass is 35.5. The molecule has 0 bridgehead atoms. The molecule has 4 heterocycles. The number of rotatable bonds is 5. The molecule has 0 spiro atoms. The Kier molecular flexibility index (Phi) is 6.84. The maximum Gasteiger partial charge on any atom is 0.192 e. The minimum atomic E-state index is -1.74. The van der Waals surface area contributed by atoms with Crippen LogP contribution in [-0.2, 0) is 4.43 Å². The van der Waals surface area contributed by atoms with Gasteiger partial charge in [-0.2, -0.15) is 10.2 Å². The second-order valence-corrected chi connectivity index (χ2v) is 17.8. The molecule has 4 aromatic heterocycles. The van der Waals surface area contributed by atoms with Crippen molar-refractivity contribution in [3.8, 4) is 22.4 Å². The van der Waals surface area contributed by atoms with E-state index in [9.17, 15) is 0 Å². The fraction of sp³-hybridized carbons (Fsp3) is 0.419. The SMILES string of the molecule is Cc1nn2c(-c3ccnc4cc(Cl)ccc34)cnc2cc1-c1cnn(C2CCC(O[Si](C)(C)C(C)(C)C)CC2)c1. The first-order valence-corrected chi connectivity index (χ1v) is 17.4. The minimum Gasteiger partial charge on any atom is -0.414 e. The van der Waals surface area contributed by atoms with Crippen molar-refractivity contribution in [3.05, 3.63) is 65.8 Å². The van der Waals surface area contributed by atoms with Gasteiger partial charge in [0, 0.05) is 45.6 Å². The average Bonchev–Trinajstić information content (AvgIpc) is 3.54. The summed E-state index contributed by atoms with van der Waals surface area (Å²) in [6.45, 7) is 13.7. The second-order valence-electron chi connectivity index (χ2n) is 12.6. The molecule has 1 aliphatic carbocycles. The molecule has 5 aromatic rings. The molecule has 1 aromatic carbocycles. The number of pyridine rings is 1. The van der Waals surface area contributed by atoms with Crippen LogP contribution in [0.2, 0.25) is 23.2 Å². The van der Waals surface area contributed by atoms with E-state index in [0.717, 1.165) is 70.3 Å². The van der Waals surface area contributed by atoms with Crippen LogP contribution < -0.4 is 0 Å². The number of imidazole rings is 1. The highest BCUT2D eigenvalue weighted by molar-refractivity contribution is 6.74. The van der Waals surface area contributed by atoms with Crippen LogP contribution in [0.5, 0.6) is 0 Å². The zero-order chi connectivity index (χ0) is 28.2. The van der Waals surface area contributed by atoms with Crippen LogP contribution >= 0.6 is 11.6 Å². The highest BCUT2D eigenvalue weighted by Gasteiger charge is 2.40. The molecule has 208 valence electrons. The summed E-state index contributed by atoms with van der Waals surface area (Å²) in [6.07, 6.45) is 12.5. The van der Waals surface area contributed by atoms with E-state index < -0.39 is 8.32 Å². The van der Waals surface area contributed by atoms with E-state index in [0.29, 0.717) is 17.2 Å². The summed E-state index contributed by atoms with van der Waals surface area (Å²) in [5, 5.41) is 11.7. The Labute approximate surface area is 241 Å². The van der Waals surface area contributed by atoms with Crippen molar-refractivity contribution in [1.82, 2.24) is 29.4 Å². The molecule has 0 atom stereocenters. The molecule has 9 heteroatoms. The van der Waals surface area contributed by atoms with Gasteiger partial charge in [-0.1, -0.05) is 38.4 Å². The first-order chi connectivity index (χ1) is 19.0. The lowest BCUT2D eigenvalue weighted by Crippen LogP contribution is -2.44. The second kappa shape index (κ2) is 10.1. The molecule has 7 nitrogen and oxygen atoms in total.